The van der Waals surface area contributed by atoms with Crippen LogP contribution in [0.1, 0.15) is 31.4 Å². The summed E-state index contributed by atoms with van der Waals surface area (Å²) in [6, 6.07) is 11.6. The van der Waals surface area contributed by atoms with Crippen molar-refractivity contribution >= 4 is 11.6 Å². The maximum absolute atomic E-state index is 12.3. The number of nitrogens with one attached hydrogen (secondary N) is 1. The van der Waals surface area contributed by atoms with Crippen molar-refractivity contribution in [3.05, 3.63) is 74.7 Å². The minimum absolute atomic E-state index is 0.155. The van der Waals surface area contributed by atoms with E-state index in [9.17, 15) is 19.7 Å². The largest absolute Gasteiger partial charge is 0.348 e. The smallest absolute Gasteiger partial charge is 0.285 e. The van der Waals surface area contributed by atoms with Crippen molar-refractivity contribution in [2.24, 2.45) is 0 Å². The molecule has 0 aliphatic carbocycles. The summed E-state index contributed by atoms with van der Waals surface area (Å²) in [5.74, 6) is -0.361. The molecule has 0 spiro atoms. The van der Waals surface area contributed by atoms with Gasteiger partial charge in [0.25, 0.3) is 11.2 Å². The third kappa shape index (κ3) is 4.52. The molecular formula is C17H19N3O4. The molecule has 7 heteroatoms. The Morgan fingerprint density at radius 1 is 1.25 bits per heavy atom. The van der Waals surface area contributed by atoms with Crippen LogP contribution in [0.5, 0.6) is 0 Å². The van der Waals surface area contributed by atoms with E-state index in [2.05, 4.69) is 5.32 Å². The van der Waals surface area contributed by atoms with Gasteiger partial charge in [-0.15, -0.1) is 0 Å². The fourth-order valence-corrected chi connectivity index (χ4v) is 2.44. The summed E-state index contributed by atoms with van der Waals surface area (Å²) in [6.07, 6.45) is 2.73. The zero-order valence-corrected chi connectivity index (χ0v) is 13.3. The van der Waals surface area contributed by atoms with Gasteiger partial charge in [-0.3, -0.25) is 24.3 Å². The van der Waals surface area contributed by atoms with Crippen LogP contribution in [0.3, 0.4) is 0 Å². The zero-order valence-electron chi connectivity index (χ0n) is 13.3. The van der Waals surface area contributed by atoms with E-state index < -0.39 is 10.5 Å². The number of carbonyl (C=O) groups excluding carboxylic acids is 1. The maximum atomic E-state index is 12.3. The van der Waals surface area contributed by atoms with Gasteiger partial charge in [-0.1, -0.05) is 43.7 Å². The molecule has 1 aromatic carbocycles. The van der Waals surface area contributed by atoms with Crippen LogP contribution in [0.2, 0.25) is 0 Å². The Labute approximate surface area is 139 Å². The number of aromatic nitrogens is 1. The average Bonchev–Trinajstić information content (AvgIpc) is 2.57. The highest BCUT2D eigenvalue weighted by Crippen LogP contribution is 2.18. The second-order valence-electron chi connectivity index (χ2n) is 5.43. The first kappa shape index (κ1) is 17.4. The van der Waals surface area contributed by atoms with Crippen LogP contribution in [0.4, 0.5) is 5.69 Å². The van der Waals surface area contributed by atoms with Gasteiger partial charge >= 0.3 is 0 Å². The Balaban J connectivity index is 2.13. The lowest BCUT2D eigenvalue weighted by Crippen LogP contribution is -2.34. The molecule has 1 atom stereocenters. The molecule has 1 unspecified atom stereocenters. The fourth-order valence-electron chi connectivity index (χ4n) is 2.44. The third-order valence-electron chi connectivity index (χ3n) is 3.61. The molecule has 0 saturated heterocycles. The molecule has 0 fully saturated rings. The molecule has 0 bridgehead atoms. The van der Waals surface area contributed by atoms with Crippen LogP contribution < -0.4 is 10.9 Å². The van der Waals surface area contributed by atoms with Crippen molar-refractivity contribution in [2.45, 2.75) is 32.4 Å². The first-order valence-corrected chi connectivity index (χ1v) is 7.70. The second kappa shape index (κ2) is 8.05. The standard InChI is InChI=1S/C17H19N3O4/c1-2-6-15(13-7-4-3-5-8-13)18-16(21)12-19-11-14(20(23)24)9-10-17(19)22/h3-5,7-11,15H,2,6,12H2,1H3,(H,18,21). The Hall–Kier alpha value is -2.96. The molecule has 1 N–H and O–H groups in total. The van der Waals surface area contributed by atoms with E-state index >= 15 is 0 Å². The second-order valence-corrected chi connectivity index (χ2v) is 5.43. The van der Waals surface area contributed by atoms with Gasteiger partial charge in [-0.2, -0.15) is 0 Å². The molecule has 1 aromatic heterocycles. The van der Waals surface area contributed by atoms with Crippen LogP contribution in [-0.4, -0.2) is 15.4 Å². The van der Waals surface area contributed by atoms with Crippen molar-refractivity contribution in [3.8, 4) is 0 Å². The predicted octanol–water partition coefficient (Wildman–Crippen LogP) is 2.41. The van der Waals surface area contributed by atoms with Crippen molar-refractivity contribution < 1.29 is 9.72 Å². The minimum atomic E-state index is -0.600. The van der Waals surface area contributed by atoms with Gasteiger partial charge in [-0.05, 0) is 12.0 Å². The Bertz CT molecular complexity index is 771. The van der Waals surface area contributed by atoms with Crippen molar-refractivity contribution in [3.63, 3.8) is 0 Å². The molecule has 2 rings (SSSR count). The number of amides is 1. The number of nitro groups is 1. The number of nitrogens with zero attached hydrogens (tertiary/aromatic N) is 2. The van der Waals surface area contributed by atoms with Crippen molar-refractivity contribution in [1.82, 2.24) is 9.88 Å². The number of rotatable bonds is 7. The first-order chi connectivity index (χ1) is 11.5. The Morgan fingerprint density at radius 2 is 1.96 bits per heavy atom. The molecule has 0 aliphatic rings. The molecule has 126 valence electrons. The van der Waals surface area contributed by atoms with Gasteiger partial charge in [0.1, 0.15) is 6.54 Å². The van der Waals surface area contributed by atoms with Crippen LogP contribution in [0, 0.1) is 10.1 Å². The van der Waals surface area contributed by atoms with Gasteiger partial charge in [-0.25, -0.2) is 0 Å². The van der Waals surface area contributed by atoms with E-state index in [0.717, 1.165) is 41.3 Å². The summed E-state index contributed by atoms with van der Waals surface area (Å²) >= 11 is 0. The average molecular weight is 329 g/mol. The van der Waals surface area contributed by atoms with E-state index in [4.69, 9.17) is 0 Å². The zero-order chi connectivity index (χ0) is 17.5. The molecular weight excluding hydrogens is 310 g/mol. The third-order valence-corrected chi connectivity index (χ3v) is 3.61. The van der Waals surface area contributed by atoms with Crippen LogP contribution in [0.25, 0.3) is 0 Å². The quantitative estimate of drug-likeness (QED) is 0.623. The lowest BCUT2D eigenvalue weighted by Gasteiger charge is -2.19. The van der Waals surface area contributed by atoms with Crippen molar-refractivity contribution in [2.75, 3.05) is 0 Å². The Kier molecular flexibility index (Phi) is 5.83. The highest BCUT2D eigenvalue weighted by Gasteiger charge is 2.15. The normalized spacial score (nSPS) is 11.7. The van der Waals surface area contributed by atoms with Gasteiger partial charge in [0.15, 0.2) is 0 Å². The summed E-state index contributed by atoms with van der Waals surface area (Å²) in [7, 11) is 0. The summed E-state index contributed by atoms with van der Waals surface area (Å²) in [4.78, 5) is 34.2. The molecule has 1 amide bonds. The molecule has 2 aromatic rings. The molecule has 24 heavy (non-hydrogen) atoms. The lowest BCUT2D eigenvalue weighted by molar-refractivity contribution is -0.385. The number of hydrogen-bond donors (Lipinski definition) is 1. The monoisotopic (exact) mass is 329 g/mol. The lowest BCUT2D eigenvalue weighted by atomic mass is 10.0. The molecule has 7 nitrogen and oxygen atoms in total. The number of hydrogen-bond acceptors (Lipinski definition) is 4. The van der Waals surface area contributed by atoms with Crippen LogP contribution in [-0.2, 0) is 11.3 Å². The Morgan fingerprint density at radius 3 is 2.58 bits per heavy atom. The molecule has 0 radical (unpaired) electrons. The first-order valence-electron chi connectivity index (χ1n) is 7.70. The van der Waals surface area contributed by atoms with E-state index in [1.165, 1.54) is 0 Å². The van der Waals surface area contributed by atoms with E-state index in [1.807, 2.05) is 37.3 Å². The van der Waals surface area contributed by atoms with E-state index in [0.29, 0.717) is 0 Å². The van der Waals surface area contributed by atoms with Gasteiger partial charge in [0, 0.05) is 12.1 Å². The number of benzene rings is 1. The highest BCUT2D eigenvalue weighted by atomic mass is 16.6. The topological polar surface area (TPSA) is 94.2 Å². The molecule has 0 saturated carbocycles. The maximum Gasteiger partial charge on any atom is 0.285 e. The van der Waals surface area contributed by atoms with Crippen LogP contribution >= 0.6 is 0 Å². The summed E-state index contributed by atoms with van der Waals surface area (Å²) in [5.41, 5.74) is 0.303. The highest BCUT2D eigenvalue weighted by molar-refractivity contribution is 5.76. The number of pyridine rings is 1. The summed E-state index contributed by atoms with van der Waals surface area (Å²) in [5, 5.41) is 13.7. The summed E-state index contributed by atoms with van der Waals surface area (Å²) in [6.45, 7) is 1.76. The number of carbonyl (C=O) groups is 1. The summed E-state index contributed by atoms with van der Waals surface area (Å²) < 4.78 is 1.04. The SMILES string of the molecule is CCCC(NC(=O)Cn1cc([N+](=O)[O-])ccc1=O)c1ccccc1. The predicted molar refractivity (Wildman–Crippen MR) is 89.6 cm³/mol. The van der Waals surface area contributed by atoms with Gasteiger partial charge in [0.05, 0.1) is 17.2 Å². The van der Waals surface area contributed by atoms with Gasteiger partial charge in [0.2, 0.25) is 5.91 Å². The van der Waals surface area contributed by atoms with Crippen LogP contribution in [0.15, 0.2) is 53.5 Å². The van der Waals surface area contributed by atoms with E-state index in [1.54, 1.807) is 0 Å². The molecule has 0 aliphatic heterocycles. The van der Waals surface area contributed by atoms with Gasteiger partial charge < -0.3 is 5.32 Å². The fraction of sp³-hybridized carbons (Fsp3) is 0.294. The van der Waals surface area contributed by atoms with Crippen molar-refractivity contribution in [1.29, 1.82) is 0 Å². The molecule has 1 heterocycles. The minimum Gasteiger partial charge on any atom is -0.348 e. The van der Waals surface area contributed by atoms with E-state index in [-0.39, 0.29) is 24.2 Å².